The maximum absolute atomic E-state index is 13.3. The SMILES string of the molecule is CC(C)c1ccc(N2C(=O)C(=O)/C(=C(\O)c3ccc4ccccc4c3)C2c2ccncc2)cc1. The fourth-order valence-electron chi connectivity index (χ4n) is 4.47. The molecular formula is C29H24N2O3. The molecule has 0 bridgehead atoms. The molecule has 1 N–H and O–H groups in total. The number of pyridine rings is 1. The fourth-order valence-corrected chi connectivity index (χ4v) is 4.47. The number of carbonyl (C=O) groups is 2. The van der Waals surface area contributed by atoms with E-state index < -0.39 is 17.7 Å². The number of Topliss-reactive ketones (excluding diaryl/α,β-unsaturated/α-hetero) is 1. The van der Waals surface area contributed by atoms with Crippen molar-refractivity contribution in [2.24, 2.45) is 0 Å². The van der Waals surface area contributed by atoms with Gasteiger partial charge in [-0.25, -0.2) is 0 Å². The number of carbonyl (C=O) groups excluding carboxylic acids is 2. The van der Waals surface area contributed by atoms with Crippen molar-refractivity contribution in [1.29, 1.82) is 0 Å². The average molecular weight is 449 g/mol. The summed E-state index contributed by atoms with van der Waals surface area (Å²) in [5, 5.41) is 13.3. The molecule has 0 spiro atoms. The number of hydrogen-bond acceptors (Lipinski definition) is 4. The van der Waals surface area contributed by atoms with Gasteiger partial charge in [-0.1, -0.05) is 62.4 Å². The molecule has 1 saturated heterocycles. The molecule has 5 rings (SSSR count). The highest BCUT2D eigenvalue weighted by molar-refractivity contribution is 6.51. The summed E-state index contributed by atoms with van der Waals surface area (Å²) < 4.78 is 0. The quantitative estimate of drug-likeness (QED) is 0.237. The second-order valence-corrected chi connectivity index (χ2v) is 8.76. The molecule has 1 aromatic heterocycles. The Morgan fingerprint density at radius 3 is 2.24 bits per heavy atom. The third kappa shape index (κ3) is 3.65. The summed E-state index contributed by atoms with van der Waals surface area (Å²) in [5.74, 6) is -1.22. The number of hydrogen-bond donors (Lipinski definition) is 1. The van der Waals surface area contributed by atoms with Crippen LogP contribution in [-0.4, -0.2) is 21.8 Å². The average Bonchev–Trinajstić information content (AvgIpc) is 3.14. The Balaban J connectivity index is 1.69. The molecule has 0 radical (unpaired) electrons. The molecule has 1 unspecified atom stereocenters. The Kier molecular flexibility index (Phi) is 5.46. The number of amides is 1. The first kappa shape index (κ1) is 21.6. The number of fused-ring (bicyclic) bond motifs is 1. The van der Waals surface area contributed by atoms with Crippen LogP contribution in [0, 0.1) is 0 Å². The number of anilines is 1. The molecule has 1 atom stereocenters. The van der Waals surface area contributed by atoms with E-state index in [1.165, 1.54) is 4.90 Å². The lowest BCUT2D eigenvalue weighted by Gasteiger charge is -2.25. The van der Waals surface area contributed by atoms with Gasteiger partial charge in [0.25, 0.3) is 11.7 Å². The predicted octanol–water partition coefficient (Wildman–Crippen LogP) is 5.98. The number of rotatable bonds is 4. The van der Waals surface area contributed by atoms with Crippen LogP contribution in [0.4, 0.5) is 5.69 Å². The van der Waals surface area contributed by atoms with Gasteiger partial charge in [-0.05, 0) is 58.1 Å². The smallest absolute Gasteiger partial charge is 0.300 e. The number of benzene rings is 3. The van der Waals surface area contributed by atoms with E-state index in [1.807, 2.05) is 60.7 Å². The van der Waals surface area contributed by atoms with Crippen molar-refractivity contribution in [3.8, 4) is 0 Å². The molecule has 1 fully saturated rings. The minimum Gasteiger partial charge on any atom is -0.507 e. The zero-order valence-corrected chi connectivity index (χ0v) is 19.0. The van der Waals surface area contributed by atoms with Crippen molar-refractivity contribution in [2.75, 3.05) is 4.90 Å². The molecule has 3 aromatic carbocycles. The predicted molar refractivity (Wildman–Crippen MR) is 133 cm³/mol. The zero-order chi connectivity index (χ0) is 23.8. The first-order chi connectivity index (χ1) is 16.5. The van der Waals surface area contributed by atoms with Crippen LogP contribution in [0.1, 0.15) is 42.5 Å². The lowest BCUT2D eigenvalue weighted by atomic mass is 9.95. The minimum atomic E-state index is -0.764. The zero-order valence-electron chi connectivity index (χ0n) is 19.0. The molecule has 5 nitrogen and oxygen atoms in total. The van der Waals surface area contributed by atoms with Gasteiger partial charge >= 0.3 is 0 Å². The van der Waals surface area contributed by atoms with Crippen molar-refractivity contribution in [3.63, 3.8) is 0 Å². The summed E-state index contributed by atoms with van der Waals surface area (Å²) in [5.41, 5.74) is 3.00. The third-order valence-electron chi connectivity index (χ3n) is 6.33. The molecular weight excluding hydrogens is 424 g/mol. The number of nitrogens with zero attached hydrogens (tertiary/aromatic N) is 2. The minimum absolute atomic E-state index is 0.0689. The second kappa shape index (κ2) is 8.60. The van der Waals surface area contributed by atoms with Gasteiger partial charge in [0.2, 0.25) is 0 Å². The Bertz CT molecular complexity index is 1420. The summed E-state index contributed by atoms with van der Waals surface area (Å²) in [6.45, 7) is 4.20. The van der Waals surface area contributed by atoms with Crippen LogP contribution in [0.5, 0.6) is 0 Å². The molecule has 1 aliphatic heterocycles. The molecule has 1 aliphatic rings. The standard InChI is InChI=1S/C29H24N2O3/c1-18(2)19-9-11-24(12-10-19)31-26(21-13-15-30-16-14-21)25(28(33)29(31)34)27(32)23-8-7-20-5-3-4-6-22(20)17-23/h3-18,26,32H,1-2H3/b27-25-. The van der Waals surface area contributed by atoms with E-state index in [0.29, 0.717) is 22.7 Å². The number of aromatic nitrogens is 1. The van der Waals surface area contributed by atoms with Crippen LogP contribution in [-0.2, 0) is 9.59 Å². The number of ketones is 1. The highest BCUT2D eigenvalue weighted by Gasteiger charge is 2.47. The molecule has 2 heterocycles. The monoisotopic (exact) mass is 448 g/mol. The largest absolute Gasteiger partial charge is 0.507 e. The highest BCUT2D eigenvalue weighted by Crippen LogP contribution is 2.42. The maximum Gasteiger partial charge on any atom is 0.300 e. The Morgan fingerprint density at radius 2 is 1.56 bits per heavy atom. The maximum atomic E-state index is 13.3. The highest BCUT2D eigenvalue weighted by atomic mass is 16.3. The van der Waals surface area contributed by atoms with Gasteiger partial charge in [0.15, 0.2) is 0 Å². The van der Waals surface area contributed by atoms with E-state index in [2.05, 4.69) is 18.8 Å². The summed E-state index contributed by atoms with van der Waals surface area (Å²) in [6, 6.07) is 23.7. The third-order valence-corrected chi connectivity index (χ3v) is 6.33. The molecule has 0 aliphatic carbocycles. The molecule has 4 aromatic rings. The lowest BCUT2D eigenvalue weighted by molar-refractivity contribution is -0.132. The Hall–Kier alpha value is -4.25. The van der Waals surface area contributed by atoms with Crippen LogP contribution >= 0.6 is 0 Å². The van der Waals surface area contributed by atoms with Gasteiger partial charge in [0.1, 0.15) is 5.76 Å². The first-order valence-electron chi connectivity index (χ1n) is 11.3. The molecule has 168 valence electrons. The van der Waals surface area contributed by atoms with E-state index in [1.54, 1.807) is 30.6 Å². The second-order valence-electron chi connectivity index (χ2n) is 8.76. The number of aliphatic hydroxyl groups is 1. The van der Waals surface area contributed by atoms with E-state index >= 15 is 0 Å². The van der Waals surface area contributed by atoms with Crippen LogP contribution in [0.3, 0.4) is 0 Å². The van der Waals surface area contributed by atoms with Gasteiger partial charge in [-0.2, -0.15) is 0 Å². The van der Waals surface area contributed by atoms with E-state index in [9.17, 15) is 14.7 Å². The van der Waals surface area contributed by atoms with E-state index in [-0.39, 0.29) is 11.3 Å². The Labute approximate surface area is 198 Å². The normalized spacial score (nSPS) is 17.6. The number of aliphatic hydroxyl groups excluding tert-OH is 1. The van der Waals surface area contributed by atoms with Gasteiger partial charge in [-0.15, -0.1) is 0 Å². The van der Waals surface area contributed by atoms with E-state index in [4.69, 9.17) is 0 Å². The van der Waals surface area contributed by atoms with Crippen molar-refractivity contribution in [1.82, 2.24) is 4.98 Å². The molecule has 0 saturated carbocycles. The van der Waals surface area contributed by atoms with Crippen LogP contribution in [0.15, 0.2) is 96.8 Å². The Morgan fingerprint density at radius 1 is 0.882 bits per heavy atom. The van der Waals surface area contributed by atoms with Gasteiger partial charge in [0, 0.05) is 23.6 Å². The van der Waals surface area contributed by atoms with Crippen molar-refractivity contribution < 1.29 is 14.7 Å². The summed E-state index contributed by atoms with van der Waals surface area (Å²) >= 11 is 0. The first-order valence-corrected chi connectivity index (χ1v) is 11.3. The van der Waals surface area contributed by atoms with E-state index in [0.717, 1.165) is 16.3 Å². The summed E-state index contributed by atoms with van der Waals surface area (Å²) in [7, 11) is 0. The summed E-state index contributed by atoms with van der Waals surface area (Å²) in [4.78, 5) is 32.1. The van der Waals surface area contributed by atoms with Gasteiger partial charge in [0.05, 0.1) is 11.6 Å². The van der Waals surface area contributed by atoms with Gasteiger partial charge < -0.3 is 5.11 Å². The van der Waals surface area contributed by atoms with Crippen LogP contribution < -0.4 is 4.90 Å². The van der Waals surface area contributed by atoms with Gasteiger partial charge in [-0.3, -0.25) is 19.5 Å². The van der Waals surface area contributed by atoms with Crippen molar-refractivity contribution in [3.05, 3.63) is 114 Å². The fraction of sp³-hybridized carbons (Fsp3) is 0.138. The lowest BCUT2D eigenvalue weighted by Crippen LogP contribution is -2.29. The van der Waals surface area contributed by atoms with Crippen LogP contribution in [0.25, 0.3) is 16.5 Å². The molecule has 5 heteroatoms. The van der Waals surface area contributed by atoms with Crippen LogP contribution in [0.2, 0.25) is 0 Å². The van der Waals surface area contributed by atoms with Crippen molar-refractivity contribution in [2.45, 2.75) is 25.8 Å². The molecule has 34 heavy (non-hydrogen) atoms. The van der Waals surface area contributed by atoms with Crippen molar-refractivity contribution >= 4 is 33.9 Å². The summed E-state index contributed by atoms with van der Waals surface area (Å²) in [6.07, 6.45) is 3.24. The molecule has 1 amide bonds. The topological polar surface area (TPSA) is 70.5 Å².